The normalized spacial score (nSPS) is 27.7. The fraction of sp³-hybridized carbons (Fsp3) is 0.529. The van der Waals surface area contributed by atoms with Crippen LogP contribution in [0.4, 0.5) is 0 Å². The minimum absolute atomic E-state index is 0.115. The van der Waals surface area contributed by atoms with Gasteiger partial charge in [-0.15, -0.1) is 0 Å². The van der Waals surface area contributed by atoms with Gasteiger partial charge >= 0.3 is 0 Å². The van der Waals surface area contributed by atoms with E-state index in [0.717, 1.165) is 50.7 Å². The molecule has 5 heteroatoms. The van der Waals surface area contributed by atoms with Gasteiger partial charge in [0, 0.05) is 19.6 Å². The Balaban J connectivity index is 1.49. The van der Waals surface area contributed by atoms with E-state index in [1.807, 2.05) is 6.07 Å². The Kier molecular flexibility index (Phi) is 3.68. The Labute approximate surface area is 130 Å². The minimum Gasteiger partial charge on any atom is -0.380 e. The molecule has 2 aliphatic rings. The molecule has 3 heterocycles. The number of nitrogens with zero attached hydrogens (tertiary/aromatic N) is 2. The van der Waals surface area contributed by atoms with Gasteiger partial charge < -0.3 is 14.6 Å². The lowest BCUT2D eigenvalue weighted by atomic mass is 9.75. The number of rotatable bonds is 4. The Hall–Kier alpha value is -1.72. The molecule has 1 aromatic heterocycles. The lowest BCUT2D eigenvalue weighted by Gasteiger charge is -2.34. The summed E-state index contributed by atoms with van der Waals surface area (Å²) in [5, 5.41) is 7.66. The smallest absolute Gasteiger partial charge is 0.236 e. The summed E-state index contributed by atoms with van der Waals surface area (Å²) in [6, 6.07) is 10.4. The van der Waals surface area contributed by atoms with Crippen molar-refractivity contribution in [3.05, 3.63) is 47.6 Å². The Morgan fingerprint density at radius 3 is 3.05 bits per heavy atom. The van der Waals surface area contributed by atoms with Crippen LogP contribution in [0.5, 0.6) is 0 Å². The Morgan fingerprint density at radius 1 is 1.23 bits per heavy atom. The fourth-order valence-corrected chi connectivity index (χ4v) is 3.61. The van der Waals surface area contributed by atoms with E-state index in [-0.39, 0.29) is 5.41 Å². The number of hydrogen-bond acceptors (Lipinski definition) is 5. The van der Waals surface area contributed by atoms with Crippen LogP contribution < -0.4 is 5.32 Å². The van der Waals surface area contributed by atoms with Crippen LogP contribution in [-0.2, 0) is 23.0 Å². The summed E-state index contributed by atoms with van der Waals surface area (Å²) in [7, 11) is 0. The lowest BCUT2D eigenvalue weighted by molar-refractivity contribution is 0.00198. The quantitative estimate of drug-likeness (QED) is 0.931. The third-order valence-corrected chi connectivity index (χ3v) is 4.96. The van der Waals surface area contributed by atoms with Crippen LogP contribution in [0.3, 0.4) is 0 Å². The standard InChI is InChI=1S/C17H21N3O2/c1-2-4-13(5-3-1)6-7-15-19-16(22-20-15)17-11-18-10-14(17)8-9-21-12-17/h1-5,14,18H,6-12H2/t14-,17+/m1/s1. The second-order valence-corrected chi connectivity index (χ2v) is 6.33. The van der Waals surface area contributed by atoms with Gasteiger partial charge in [-0.05, 0) is 30.9 Å². The largest absolute Gasteiger partial charge is 0.380 e. The molecular formula is C17H21N3O2. The maximum Gasteiger partial charge on any atom is 0.236 e. The van der Waals surface area contributed by atoms with Crippen LogP contribution in [0.1, 0.15) is 23.7 Å². The van der Waals surface area contributed by atoms with Gasteiger partial charge in [0.1, 0.15) is 0 Å². The van der Waals surface area contributed by atoms with Gasteiger partial charge in [0.2, 0.25) is 5.89 Å². The van der Waals surface area contributed by atoms with Crippen molar-refractivity contribution in [1.82, 2.24) is 15.5 Å². The van der Waals surface area contributed by atoms with E-state index in [4.69, 9.17) is 9.26 Å². The van der Waals surface area contributed by atoms with Gasteiger partial charge in [-0.25, -0.2) is 0 Å². The maximum atomic E-state index is 5.71. The first kappa shape index (κ1) is 13.9. The van der Waals surface area contributed by atoms with E-state index in [1.54, 1.807) is 0 Å². The van der Waals surface area contributed by atoms with Gasteiger partial charge in [-0.3, -0.25) is 0 Å². The van der Waals surface area contributed by atoms with E-state index in [1.165, 1.54) is 5.56 Å². The molecule has 2 atom stereocenters. The molecular weight excluding hydrogens is 278 g/mol. The van der Waals surface area contributed by atoms with E-state index < -0.39 is 0 Å². The van der Waals surface area contributed by atoms with Gasteiger partial charge in [-0.2, -0.15) is 4.98 Å². The fourth-order valence-electron chi connectivity index (χ4n) is 3.61. The van der Waals surface area contributed by atoms with E-state index in [0.29, 0.717) is 12.5 Å². The summed E-state index contributed by atoms with van der Waals surface area (Å²) in [4.78, 5) is 4.68. The molecule has 116 valence electrons. The SMILES string of the molecule is c1ccc(CCc2noc([C@]34CNC[C@H]3CCOC4)n2)cc1. The average molecular weight is 299 g/mol. The van der Waals surface area contributed by atoms with Crippen LogP contribution >= 0.6 is 0 Å². The van der Waals surface area contributed by atoms with Crippen LogP contribution in [0.15, 0.2) is 34.9 Å². The molecule has 2 aromatic rings. The summed E-state index contributed by atoms with van der Waals surface area (Å²) >= 11 is 0. The average Bonchev–Trinajstić information content (AvgIpc) is 3.21. The van der Waals surface area contributed by atoms with Gasteiger partial charge in [0.05, 0.1) is 12.0 Å². The first-order valence-electron chi connectivity index (χ1n) is 8.02. The molecule has 0 aliphatic carbocycles. The summed E-state index contributed by atoms with van der Waals surface area (Å²) in [6.45, 7) is 3.41. The van der Waals surface area contributed by atoms with Gasteiger partial charge in [0.15, 0.2) is 5.82 Å². The van der Waals surface area contributed by atoms with Crippen molar-refractivity contribution in [2.45, 2.75) is 24.7 Å². The van der Waals surface area contributed by atoms with Gasteiger partial charge in [-0.1, -0.05) is 35.5 Å². The predicted octanol–water partition coefficient (Wildman–Crippen LogP) is 1.73. The third-order valence-electron chi connectivity index (χ3n) is 4.96. The number of aromatic nitrogens is 2. The molecule has 0 bridgehead atoms. The highest BCUT2D eigenvalue weighted by Crippen LogP contribution is 2.39. The monoisotopic (exact) mass is 299 g/mol. The molecule has 4 rings (SSSR count). The molecule has 1 aromatic carbocycles. The first-order valence-corrected chi connectivity index (χ1v) is 8.02. The second-order valence-electron chi connectivity index (χ2n) is 6.33. The summed E-state index contributed by atoms with van der Waals surface area (Å²) < 4.78 is 11.3. The van der Waals surface area contributed by atoms with Gasteiger partial charge in [0.25, 0.3) is 0 Å². The molecule has 2 saturated heterocycles. The lowest BCUT2D eigenvalue weighted by Crippen LogP contribution is -2.44. The van der Waals surface area contributed by atoms with Crippen LogP contribution in [0.2, 0.25) is 0 Å². The molecule has 0 radical (unpaired) electrons. The van der Waals surface area contributed by atoms with Crippen LogP contribution in [0.25, 0.3) is 0 Å². The van der Waals surface area contributed by atoms with Crippen molar-refractivity contribution < 1.29 is 9.26 Å². The van der Waals surface area contributed by atoms with E-state index in [2.05, 4.69) is 39.7 Å². The van der Waals surface area contributed by atoms with Crippen molar-refractivity contribution in [1.29, 1.82) is 0 Å². The highest BCUT2D eigenvalue weighted by atomic mass is 16.5. The molecule has 2 aliphatic heterocycles. The molecule has 0 spiro atoms. The number of hydrogen-bond donors (Lipinski definition) is 1. The Bertz CT molecular complexity index is 628. The molecule has 22 heavy (non-hydrogen) atoms. The van der Waals surface area contributed by atoms with E-state index >= 15 is 0 Å². The zero-order chi connectivity index (χ0) is 14.8. The summed E-state index contributed by atoms with van der Waals surface area (Å²) in [6.07, 6.45) is 2.81. The second kappa shape index (κ2) is 5.82. The topological polar surface area (TPSA) is 60.2 Å². The van der Waals surface area contributed by atoms with Crippen molar-refractivity contribution in [3.63, 3.8) is 0 Å². The van der Waals surface area contributed by atoms with Crippen LogP contribution in [-0.4, -0.2) is 36.4 Å². The highest BCUT2D eigenvalue weighted by Gasteiger charge is 2.50. The molecule has 0 amide bonds. The first-order chi connectivity index (χ1) is 10.9. The molecule has 0 saturated carbocycles. The zero-order valence-electron chi connectivity index (χ0n) is 12.6. The number of aryl methyl sites for hydroxylation is 2. The Morgan fingerprint density at radius 2 is 2.14 bits per heavy atom. The molecule has 5 nitrogen and oxygen atoms in total. The number of benzene rings is 1. The number of fused-ring (bicyclic) bond motifs is 1. The van der Waals surface area contributed by atoms with Crippen LogP contribution in [0, 0.1) is 5.92 Å². The summed E-state index contributed by atoms with van der Waals surface area (Å²) in [5.41, 5.74) is 1.18. The zero-order valence-corrected chi connectivity index (χ0v) is 12.6. The van der Waals surface area contributed by atoms with E-state index in [9.17, 15) is 0 Å². The molecule has 0 unspecified atom stereocenters. The molecule has 1 N–H and O–H groups in total. The maximum absolute atomic E-state index is 5.71. The van der Waals surface area contributed by atoms with Crippen molar-refractivity contribution in [3.8, 4) is 0 Å². The van der Waals surface area contributed by atoms with Crippen molar-refractivity contribution in [2.24, 2.45) is 5.92 Å². The minimum atomic E-state index is -0.115. The molecule has 2 fully saturated rings. The number of nitrogens with one attached hydrogen (secondary N) is 1. The summed E-state index contributed by atoms with van der Waals surface area (Å²) in [5.74, 6) is 2.10. The van der Waals surface area contributed by atoms with Crippen molar-refractivity contribution in [2.75, 3.05) is 26.3 Å². The highest BCUT2D eigenvalue weighted by molar-refractivity contribution is 5.17. The third kappa shape index (κ3) is 2.44. The predicted molar refractivity (Wildman–Crippen MR) is 81.6 cm³/mol. The van der Waals surface area contributed by atoms with Crippen molar-refractivity contribution >= 4 is 0 Å². The number of ether oxygens (including phenoxy) is 1.